The quantitative estimate of drug-likeness (QED) is 0.741. The van der Waals surface area contributed by atoms with E-state index in [1.807, 2.05) is 6.07 Å². The Morgan fingerprint density at radius 1 is 1.50 bits per heavy atom. The van der Waals surface area contributed by atoms with E-state index in [4.69, 9.17) is 10.4 Å². The fraction of sp³-hybridized carbons (Fsp3) is 0. The first-order valence-electron chi connectivity index (χ1n) is 4.41. The Hall–Kier alpha value is -2.61. The fourth-order valence-corrected chi connectivity index (χ4v) is 1.56. The molecular formula is C11H6N2O3. The van der Waals surface area contributed by atoms with Gasteiger partial charge in [0.15, 0.2) is 6.29 Å². The van der Waals surface area contributed by atoms with Crippen molar-refractivity contribution in [1.82, 2.24) is 4.98 Å². The number of hydrogen-bond donors (Lipinski definition) is 2. The van der Waals surface area contributed by atoms with Crippen LogP contribution in [0.25, 0.3) is 10.9 Å². The van der Waals surface area contributed by atoms with Gasteiger partial charge in [-0.3, -0.25) is 4.79 Å². The van der Waals surface area contributed by atoms with Gasteiger partial charge in [-0.1, -0.05) is 0 Å². The molecule has 16 heavy (non-hydrogen) atoms. The number of hydrogen-bond acceptors (Lipinski definition) is 3. The van der Waals surface area contributed by atoms with Crippen molar-refractivity contribution in [3.8, 4) is 6.07 Å². The molecule has 0 radical (unpaired) electrons. The van der Waals surface area contributed by atoms with Crippen molar-refractivity contribution in [2.45, 2.75) is 0 Å². The molecule has 0 spiro atoms. The summed E-state index contributed by atoms with van der Waals surface area (Å²) < 4.78 is 0. The molecule has 2 rings (SSSR count). The third kappa shape index (κ3) is 1.33. The number of carboxylic acids is 1. The first-order chi connectivity index (χ1) is 7.67. The third-order valence-electron chi connectivity index (χ3n) is 2.32. The molecular weight excluding hydrogens is 208 g/mol. The van der Waals surface area contributed by atoms with Gasteiger partial charge in [0, 0.05) is 10.9 Å². The zero-order valence-corrected chi connectivity index (χ0v) is 8.02. The first kappa shape index (κ1) is 9.93. The Labute approximate surface area is 89.9 Å². The zero-order valence-electron chi connectivity index (χ0n) is 8.02. The van der Waals surface area contributed by atoms with E-state index in [9.17, 15) is 9.59 Å². The maximum Gasteiger partial charge on any atom is 0.335 e. The van der Waals surface area contributed by atoms with Gasteiger partial charge in [0.2, 0.25) is 0 Å². The highest BCUT2D eigenvalue weighted by molar-refractivity contribution is 6.03. The Kier molecular flexibility index (Phi) is 2.18. The molecule has 0 bridgehead atoms. The summed E-state index contributed by atoms with van der Waals surface area (Å²) in [6.07, 6.45) is 0.545. The summed E-state index contributed by atoms with van der Waals surface area (Å²) in [5.74, 6) is -1.07. The van der Waals surface area contributed by atoms with Gasteiger partial charge >= 0.3 is 5.97 Å². The molecule has 0 saturated heterocycles. The second kappa shape index (κ2) is 3.51. The Balaban J connectivity index is 2.81. The van der Waals surface area contributed by atoms with Crippen molar-refractivity contribution in [2.24, 2.45) is 0 Å². The summed E-state index contributed by atoms with van der Waals surface area (Å²) in [5, 5.41) is 18.0. The van der Waals surface area contributed by atoms with Crippen molar-refractivity contribution < 1.29 is 14.7 Å². The maximum absolute atomic E-state index is 10.8. The summed E-state index contributed by atoms with van der Waals surface area (Å²) in [6.45, 7) is 0. The molecule has 0 amide bonds. The molecule has 1 aromatic heterocycles. The SMILES string of the molecule is N#Cc1[nH]c2ccc(C(=O)O)cc2c1C=O. The normalized spacial score (nSPS) is 9.94. The van der Waals surface area contributed by atoms with Gasteiger partial charge in [-0.2, -0.15) is 5.26 Å². The van der Waals surface area contributed by atoms with Crippen LogP contribution in [0.4, 0.5) is 0 Å². The van der Waals surface area contributed by atoms with E-state index in [0.717, 1.165) is 0 Å². The minimum Gasteiger partial charge on any atom is -0.478 e. The van der Waals surface area contributed by atoms with Crippen LogP contribution in [0.3, 0.4) is 0 Å². The molecule has 78 valence electrons. The number of rotatable bonds is 2. The van der Waals surface area contributed by atoms with Gasteiger partial charge in [0.1, 0.15) is 11.8 Å². The van der Waals surface area contributed by atoms with E-state index >= 15 is 0 Å². The predicted octanol–water partition coefficient (Wildman–Crippen LogP) is 1.55. The van der Waals surface area contributed by atoms with Gasteiger partial charge in [0.25, 0.3) is 0 Å². The summed E-state index contributed by atoms with van der Waals surface area (Å²) in [7, 11) is 0. The molecule has 0 saturated carbocycles. The van der Waals surface area contributed by atoms with Crippen LogP contribution in [-0.2, 0) is 0 Å². The molecule has 5 heteroatoms. The molecule has 1 heterocycles. The number of carbonyl (C=O) groups excluding carboxylic acids is 1. The molecule has 0 unspecified atom stereocenters. The van der Waals surface area contributed by atoms with Crippen LogP contribution in [0.1, 0.15) is 26.4 Å². The van der Waals surface area contributed by atoms with E-state index < -0.39 is 5.97 Å². The van der Waals surface area contributed by atoms with E-state index in [1.165, 1.54) is 18.2 Å². The number of aromatic carboxylic acids is 1. The Bertz CT molecular complexity index is 634. The second-order valence-electron chi connectivity index (χ2n) is 3.21. The minimum atomic E-state index is -1.07. The van der Waals surface area contributed by atoms with Crippen LogP contribution in [0.2, 0.25) is 0 Å². The van der Waals surface area contributed by atoms with E-state index in [1.54, 1.807) is 0 Å². The molecule has 0 aliphatic carbocycles. The monoisotopic (exact) mass is 214 g/mol. The van der Waals surface area contributed by atoms with E-state index in [2.05, 4.69) is 4.98 Å². The Morgan fingerprint density at radius 3 is 2.81 bits per heavy atom. The summed E-state index contributed by atoms with van der Waals surface area (Å²) in [5.41, 5.74) is 0.996. The summed E-state index contributed by atoms with van der Waals surface area (Å²) in [6, 6.07) is 6.17. The van der Waals surface area contributed by atoms with Crippen molar-refractivity contribution >= 4 is 23.2 Å². The number of nitrogens with zero attached hydrogens (tertiary/aromatic N) is 1. The van der Waals surface area contributed by atoms with Crippen LogP contribution >= 0.6 is 0 Å². The highest BCUT2D eigenvalue weighted by atomic mass is 16.4. The van der Waals surface area contributed by atoms with E-state index in [0.29, 0.717) is 17.2 Å². The standard InChI is InChI=1S/C11H6N2O3/c12-4-10-8(5-14)7-3-6(11(15)16)1-2-9(7)13-10/h1-3,5,13H,(H,15,16). The first-order valence-corrected chi connectivity index (χ1v) is 4.41. The van der Waals surface area contributed by atoms with Gasteiger partial charge in [-0.15, -0.1) is 0 Å². The number of H-pyrrole nitrogens is 1. The number of fused-ring (bicyclic) bond motifs is 1. The lowest BCUT2D eigenvalue weighted by molar-refractivity contribution is 0.0697. The van der Waals surface area contributed by atoms with Crippen molar-refractivity contribution in [1.29, 1.82) is 5.26 Å². The molecule has 1 aromatic carbocycles. The van der Waals surface area contributed by atoms with Crippen LogP contribution in [0.5, 0.6) is 0 Å². The van der Waals surface area contributed by atoms with Crippen molar-refractivity contribution in [2.75, 3.05) is 0 Å². The number of benzene rings is 1. The lowest BCUT2D eigenvalue weighted by Gasteiger charge is -1.94. The number of nitriles is 1. The molecule has 0 aliphatic heterocycles. The van der Waals surface area contributed by atoms with Crippen LogP contribution < -0.4 is 0 Å². The van der Waals surface area contributed by atoms with E-state index in [-0.39, 0.29) is 16.8 Å². The lowest BCUT2D eigenvalue weighted by Crippen LogP contribution is -1.95. The van der Waals surface area contributed by atoms with Crippen molar-refractivity contribution in [3.63, 3.8) is 0 Å². The van der Waals surface area contributed by atoms with Gasteiger partial charge in [-0.25, -0.2) is 4.79 Å². The highest BCUT2D eigenvalue weighted by Gasteiger charge is 2.12. The number of aromatic amines is 1. The number of nitrogens with one attached hydrogen (secondary N) is 1. The topological polar surface area (TPSA) is 93.9 Å². The smallest absolute Gasteiger partial charge is 0.335 e. The molecule has 0 aliphatic rings. The molecule has 2 N–H and O–H groups in total. The number of carbonyl (C=O) groups is 2. The molecule has 2 aromatic rings. The van der Waals surface area contributed by atoms with Crippen LogP contribution in [0.15, 0.2) is 18.2 Å². The third-order valence-corrected chi connectivity index (χ3v) is 2.32. The maximum atomic E-state index is 10.8. The van der Waals surface area contributed by atoms with Gasteiger partial charge in [0.05, 0.1) is 11.1 Å². The molecule has 5 nitrogen and oxygen atoms in total. The van der Waals surface area contributed by atoms with Crippen LogP contribution in [-0.4, -0.2) is 22.3 Å². The largest absolute Gasteiger partial charge is 0.478 e. The highest BCUT2D eigenvalue weighted by Crippen LogP contribution is 2.21. The Morgan fingerprint density at radius 2 is 2.25 bits per heavy atom. The predicted molar refractivity (Wildman–Crippen MR) is 55.4 cm³/mol. The van der Waals surface area contributed by atoms with Gasteiger partial charge in [-0.05, 0) is 18.2 Å². The van der Waals surface area contributed by atoms with Crippen molar-refractivity contribution in [3.05, 3.63) is 35.0 Å². The average Bonchev–Trinajstić information content (AvgIpc) is 2.65. The lowest BCUT2D eigenvalue weighted by atomic mass is 10.1. The average molecular weight is 214 g/mol. The number of aldehydes is 1. The summed E-state index contributed by atoms with van der Waals surface area (Å²) in [4.78, 5) is 24.3. The fourth-order valence-electron chi connectivity index (χ4n) is 1.56. The summed E-state index contributed by atoms with van der Waals surface area (Å²) >= 11 is 0. The minimum absolute atomic E-state index is 0.0825. The van der Waals surface area contributed by atoms with Crippen LogP contribution in [0, 0.1) is 11.3 Å². The van der Waals surface area contributed by atoms with Gasteiger partial charge < -0.3 is 10.1 Å². The second-order valence-corrected chi connectivity index (χ2v) is 3.21. The number of carboxylic acid groups (broad SMARTS) is 1. The zero-order chi connectivity index (χ0) is 11.7. The number of aromatic nitrogens is 1. The molecule has 0 fully saturated rings. The molecule has 0 atom stereocenters.